The second kappa shape index (κ2) is 10.1. The number of hydrogen-bond acceptors (Lipinski definition) is 4. The van der Waals surface area contributed by atoms with Crippen molar-refractivity contribution in [2.45, 2.75) is 26.8 Å². The van der Waals surface area contributed by atoms with Crippen LogP contribution in [0.25, 0.3) is 6.08 Å². The molecule has 0 aliphatic carbocycles. The maximum Gasteiger partial charge on any atom is 0.244 e. The van der Waals surface area contributed by atoms with Crippen molar-refractivity contribution < 1.29 is 14.3 Å². The highest BCUT2D eigenvalue weighted by Crippen LogP contribution is 2.12. The van der Waals surface area contributed by atoms with Crippen LogP contribution >= 0.6 is 0 Å². The van der Waals surface area contributed by atoms with E-state index in [2.05, 4.69) is 24.1 Å². The van der Waals surface area contributed by atoms with E-state index in [1.165, 1.54) is 6.08 Å². The summed E-state index contributed by atoms with van der Waals surface area (Å²) < 4.78 is 5.11. The van der Waals surface area contributed by atoms with Gasteiger partial charge in [-0.05, 0) is 36.6 Å². The van der Waals surface area contributed by atoms with Crippen molar-refractivity contribution in [2.24, 2.45) is 5.92 Å². The van der Waals surface area contributed by atoms with Crippen LogP contribution in [0.3, 0.4) is 0 Å². The summed E-state index contributed by atoms with van der Waals surface area (Å²) in [6, 6.07) is 6.88. The van der Waals surface area contributed by atoms with Crippen LogP contribution in [-0.4, -0.2) is 67.5 Å². The molecule has 2 rings (SSSR count). The molecule has 0 radical (unpaired) electrons. The topological polar surface area (TPSA) is 61.9 Å². The van der Waals surface area contributed by atoms with Gasteiger partial charge in [0, 0.05) is 38.8 Å². The first-order chi connectivity index (χ1) is 12.9. The van der Waals surface area contributed by atoms with Gasteiger partial charge < -0.3 is 15.0 Å². The number of rotatable bonds is 7. The standard InChI is InChI=1S/C21H31N3O3/c1-16(2)15-23-11-13-24(14-12-23)21(26)17(3)22-20(25)10-7-18-5-8-19(27-4)9-6-18/h5-10,16-17H,11-15H2,1-4H3,(H,22,25). The summed E-state index contributed by atoms with van der Waals surface area (Å²) in [4.78, 5) is 28.9. The predicted octanol–water partition coefficient (Wildman–Crippen LogP) is 2.01. The van der Waals surface area contributed by atoms with Gasteiger partial charge in [0.2, 0.25) is 11.8 Å². The van der Waals surface area contributed by atoms with Crippen LogP contribution in [0.2, 0.25) is 0 Å². The Balaban J connectivity index is 1.79. The molecule has 6 heteroatoms. The summed E-state index contributed by atoms with van der Waals surface area (Å²) in [5.41, 5.74) is 0.895. The van der Waals surface area contributed by atoms with Gasteiger partial charge in [0.25, 0.3) is 0 Å². The van der Waals surface area contributed by atoms with E-state index in [1.807, 2.05) is 29.2 Å². The molecular weight excluding hydrogens is 342 g/mol. The molecule has 1 atom stereocenters. The Hall–Kier alpha value is -2.34. The van der Waals surface area contributed by atoms with Crippen molar-refractivity contribution in [3.63, 3.8) is 0 Å². The van der Waals surface area contributed by atoms with Gasteiger partial charge in [-0.2, -0.15) is 0 Å². The third kappa shape index (κ3) is 6.71. The van der Waals surface area contributed by atoms with E-state index in [0.29, 0.717) is 19.0 Å². The van der Waals surface area contributed by atoms with Crippen molar-refractivity contribution in [1.29, 1.82) is 0 Å². The lowest BCUT2D eigenvalue weighted by atomic mass is 10.1. The number of carbonyl (C=O) groups is 2. The molecule has 27 heavy (non-hydrogen) atoms. The zero-order valence-corrected chi connectivity index (χ0v) is 16.8. The van der Waals surface area contributed by atoms with Crippen molar-refractivity contribution in [3.05, 3.63) is 35.9 Å². The molecule has 1 aromatic rings. The van der Waals surface area contributed by atoms with Gasteiger partial charge in [-0.1, -0.05) is 26.0 Å². The van der Waals surface area contributed by atoms with Crippen LogP contribution in [0.1, 0.15) is 26.3 Å². The minimum atomic E-state index is -0.533. The molecule has 1 fully saturated rings. The van der Waals surface area contributed by atoms with Crippen molar-refractivity contribution in [3.8, 4) is 5.75 Å². The maximum atomic E-state index is 12.6. The van der Waals surface area contributed by atoms with Gasteiger partial charge in [0.1, 0.15) is 11.8 Å². The molecule has 1 aliphatic rings. The van der Waals surface area contributed by atoms with Crippen LogP contribution in [0, 0.1) is 5.92 Å². The number of ether oxygens (including phenoxy) is 1. The second-order valence-corrected chi connectivity index (χ2v) is 7.36. The molecule has 0 saturated carbocycles. The van der Waals surface area contributed by atoms with E-state index in [-0.39, 0.29) is 11.8 Å². The van der Waals surface area contributed by atoms with Crippen molar-refractivity contribution in [1.82, 2.24) is 15.1 Å². The summed E-state index contributed by atoms with van der Waals surface area (Å²) in [5, 5.41) is 2.76. The number of amides is 2. The van der Waals surface area contributed by atoms with Crippen LogP contribution in [0.4, 0.5) is 0 Å². The Kier molecular flexibility index (Phi) is 7.85. The second-order valence-electron chi connectivity index (χ2n) is 7.36. The van der Waals surface area contributed by atoms with Gasteiger partial charge >= 0.3 is 0 Å². The summed E-state index contributed by atoms with van der Waals surface area (Å²) in [5.74, 6) is 1.10. The summed E-state index contributed by atoms with van der Waals surface area (Å²) in [6.07, 6.45) is 3.17. The van der Waals surface area contributed by atoms with Crippen molar-refractivity contribution in [2.75, 3.05) is 39.8 Å². The molecule has 1 N–H and O–H groups in total. The third-order valence-corrected chi connectivity index (χ3v) is 4.58. The molecule has 1 unspecified atom stereocenters. The highest BCUT2D eigenvalue weighted by atomic mass is 16.5. The van der Waals surface area contributed by atoms with Gasteiger partial charge in [0.05, 0.1) is 7.11 Å². The van der Waals surface area contributed by atoms with E-state index >= 15 is 0 Å². The number of hydrogen-bond donors (Lipinski definition) is 1. The number of nitrogens with one attached hydrogen (secondary N) is 1. The van der Waals surface area contributed by atoms with Crippen LogP contribution in [-0.2, 0) is 9.59 Å². The molecule has 0 aromatic heterocycles. The van der Waals surface area contributed by atoms with Gasteiger partial charge in [0.15, 0.2) is 0 Å². The molecule has 2 amide bonds. The first-order valence-corrected chi connectivity index (χ1v) is 9.53. The van der Waals surface area contributed by atoms with E-state index in [0.717, 1.165) is 30.9 Å². The molecule has 148 valence electrons. The maximum absolute atomic E-state index is 12.6. The minimum absolute atomic E-state index is 0.0228. The molecular formula is C21H31N3O3. The Morgan fingerprint density at radius 3 is 2.30 bits per heavy atom. The quantitative estimate of drug-likeness (QED) is 0.743. The average Bonchev–Trinajstić information content (AvgIpc) is 2.66. The van der Waals surface area contributed by atoms with E-state index in [4.69, 9.17) is 4.74 Å². The lowest BCUT2D eigenvalue weighted by Crippen LogP contribution is -2.54. The lowest BCUT2D eigenvalue weighted by Gasteiger charge is -2.36. The van der Waals surface area contributed by atoms with Gasteiger partial charge in [-0.25, -0.2) is 0 Å². The summed E-state index contributed by atoms with van der Waals surface area (Å²) >= 11 is 0. The average molecular weight is 373 g/mol. The molecule has 1 aromatic carbocycles. The van der Waals surface area contributed by atoms with Gasteiger partial charge in [-0.15, -0.1) is 0 Å². The minimum Gasteiger partial charge on any atom is -0.497 e. The molecule has 1 heterocycles. The number of carbonyl (C=O) groups excluding carboxylic acids is 2. The molecule has 0 spiro atoms. The smallest absolute Gasteiger partial charge is 0.244 e. The number of methoxy groups -OCH3 is 1. The normalized spacial score (nSPS) is 16.6. The number of benzene rings is 1. The van der Waals surface area contributed by atoms with Crippen LogP contribution in [0.5, 0.6) is 5.75 Å². The van der Waals surface area contributed by atoms with Gasteiger partial charge in [-0.3, -0.25) is 14.5 Å². The number of nitrogens with zero attached hydrogens (tertiary/aromatic N) is 2. The Labute approximate surface area is 162 Å². The number of piperazine rings is 1. The highest BCUT2D eigenvalue weighted by Gasteiger charge is 2.25. The first kappa shape index (κ1) is 21.0. The monoisotopic (exact) mass is 373 g/mol. The predicted molar refractivity (Wildman–Crippen MR) is 107 cm³/mol. The first-order valence-electron chi connectivity index (χ1n) is 9.53. The van der Waals surface area contributed by atoms with E-state index in [9.17, 15) is 9.59 Å². The SMILES string of the molecule is COc1ccc(C=CC(=O)NC(C)C(=O)N2CCN(CC(C)C)CC2)cc1. The lowest BCUT2D eigenvalue weighted by molar-refractivity contribution is -0.136. The molecule has 1 saturated heterocycles. The fourth-order valence-corrected chi connectivity index (χ4v) is 3.15. The zero-order chi connectivity index (χ0) is 19.8. The van der Waals surface area contributed by atoms with E-state index in [1.54, 1.807) is 20.1 Å². The third-order valence-electron chi connectivity index (χ3n) is 4.58. The fourth-order valence-electron chi connectivity index (χ4n) is 3.15. The van der Waals surface area contributed by atoms with Crippen LogP contribution < -0.4 is 10.1 Å². The molecule has 6 nitrogen and oxygen atoms in total. The van der Waals surface area contributed by atoms with Crippen LogP contribution in [0.15, 0.2) is 30.3 Å². The van der Waals surface area contributed by atoms with E-state index < -0.39 is 6.04 Å². The summed E-state index contributed by atoms with van der Waals surface area (Å²) in [7, 11) is 1.61. The van der Waals surface area contributed by atoms with Crippen molar-refractivity contribution >= 4 is 17.9 Å². The Morgan fingerprint density at radius 2 is 1.74 bits per heavy atom. The Bertz CT molecular complexity index is 647. The summed E-state index contributed by atoms with van der Waals surface area (Å²) in [6.45, 7) is 10.4. The highest BCUT2D eigenvalue weighted by molar-refractivity contribution is 5.95. The Morgan fingerprint density at radius 1 is 1.11 bits per heavy atom. The molecule has 1 aliphatic heterocycles. The molecule has 0 bridgehead atoms. The largest absolute Gasteiger partial charge is 0.497 e. The fraction of sp³-hybridized carbons (Fsp3) is 0.524. The zero-order valence-electron chi connectivity index (χ0n) is 16.8.